The molecule has 0 heterocycles. The standard InChI is InChI=1S/C21H37O9P/c1-2-14-20(30-24)15-12-10-8-6-4-3-5-7-9-11-13-16-21(23)28-17-19(22)18-29-31(25,26)27/h2,4,6,10,12,14,19-20,22,24H,3,5,7-9,11,13,15-18H2,1H3,(H2,25,26,27). The molecule has 9 nitrogen and oxygen atoms in total. The van der Waals surface area contributed by atoms with Gasteiger partial charge in [0, 0.05) is 6.42 Å². The lowest BCUT2D eigenvalue weighted by Crippen LogP contribution is -2.23. The number of carbonyl (C=O) groups excluding carboxylic acids is 1. The van der Waals surface area contributed by atoms with Gasteiger partial charge in [0.1, 0.15) is 18.8 Å². The van der Waals surface area contributed by atoms with Gasteiger partial charge in [-0.05, 0) is 39.0 Å². The molecule has 180 valence electrons. The number of hydrogen-bond acceptors (Lipinski definition) is 7. The zero-order chi connectivity index (χ0) is 23.4. The molecule has 0 aromatic carbocycles. The van der Waals surface area contributed by atoms with Gasteiger partial charge >= 0.3 is 13.8 Å². The first-order valence-corrected chi connectivity index (χ1v) is 12.1. The highest BCUT2D eigenvalue weighted by molar-refractivity contribution is 7.46. The summed E-state index contributed by atoms with van der Waals surface area (Å²) < 4.78 is 19.5. The summed E-state index contributed by atoms with van der Waals surface area (Å²) in [6.07, 6.45) is 17.8. The van der Waals surface area contributed by atoms with E-state index in [1.165, 1.54) is 0 Å². The molecule has 2 unspecified atom stereocenters. The number of ether oxygens (including phenoxy) is 1. The van der Waals surface area contributed by atoms with E-state index in [9.17, 15) is 14.5 Å². The summed E-state index contributed by atoms with van der Waals surface area (Å²) in [7, 11) is -4.64. The van der Waals surface area contributed by atoms with E-state index in [1.807, 2.05) is 25.2 Å². The SMILES string of the molecule is CC=CC(CC=CCC=CCCCCCCCC(=O)OCC(O)COP(=O)(O)O)OO. The maximum atomic E-state index is 11.6. The maximum absolute atomic E-state index is 11.6. The van der Waals surface area contributed by atoms with Gasteiger partial charge in [-0.3, -0.25) is 14.6 Å². The van der Waals surface area contributed by atoms with Crippen LogP contribution in [0.15, 0.2) is 36.5 Å². The van der Waals surface area contributed by atoms with Crippen molar-refractivity contribution in [2.24, 2.45) is 0 Å². The fourth-order valence-corrected chi connectivity index (χ4v) is 2.91. The molecule has 0 spiro atoms. The minimum absolute atomic E-state index is 0.245. The van der Waals surface area contributed by atoms with Gasteiger partial charge in [0.05, 0.1) is 6.61 Å². The van der Waals surface area contributed by atoms with Crippen LogP contribution in [0.5, 0.6) is 0 Å². The third-order valence-electron chi connectivity index (χ3n) is 4.14. The smallest absolute Gasteiger partial charge is 0.463 e. The van der Waals surface area contributed by atoms with E-state index in [1.54, 1.807) is 6.08 Å². The average molecular weight is 464 g/mol. The van der Waals surface area contributed by atoms with Crippen LogP contribution < -0.4 is 0 Å². The first-order chi connectivity index (χ1) is 14.8. The van der Waals surface area contributed by atoms with Gasteiger partial charge in [-0.15, -0.1) is 0 Å². The van der Waals surface area contributed by atoms with Gasteiger partial charge in [0.15, 0.2) is 0 Å². The number of aliphatic hydroxyl groups excluding tert-OH is 1. The van der Waals surface area contributed by atoms with Crippen LogP contribution in [0.2, 0.25) is 0 Å². The predicted octanol–water partition coefficient (Wildman–Crippen LogP) is 4.06. The molecule has 0 bridgehead atoms. The first-order valence-electron chi connectivity index (χ1n) is 10.5. The van der Waals surface area contributed by atoms with Crippen LogP contribution >= 0.6 is 7.82 Å². The lowest BCUT2D eigenvalue weighted by atomic mass is 10.1. The topological polar surface area (TPSA) is 143 Å². The van der Waals surface area contributed by atoms with Gasteiger partial charge in [0.2, 0.25) is 0 Å². The molecule has 0 amide bonds. The van der Waals surface area contributed by atoms with Crippen LogP contribution in [0.25, 0.3) is 0 Å². The monoisotopic (exact) mass is 464 g/mol. The van der Waals surface area contributed by atoms with Crippen LogP contribution in [0.4, 0.5) is 0 Å². The molecule has 0 rings (SSSR count). The molecule has 0 aliphatic rings. The maximum Gasteiger partial charge on any atom is 0.469 e. The van der Waals surface area contributed by atoms with E-state index in [-0.39, 0.29) is 19.1 Å². The molecule has 0 aliphatic carbocycles. The van der Waals surface area contributed by atoms with Crippen molar-refractivity contribution in [3.05, 3.63) is 36.5 Å². The van der Waals surface area contributed by atoms with Crippen molar-refractivity contribution >= 4 is 13.8 Å². The van der Waals surface area contributed by atoms with Crippen LogP contribution in [0, 0.1) is 0 Å². The molecule has 0 aromatic heterocycles. The fourth-order valence-electron chi connectivity index (χ4n) is 2.55. The number of phosphoric acid groups is 1. The second-order valence-electron chi connectivity index (χ2n) is 7.01. The molecule has 2 atom stereocenters. The van der Waals surface area contributed by atoms with Crippen molar-refractivity contribution in [3.8, 4) is 0 Å². The zero-order valence-electron chi connectivity index (χ0n) is 18.2. The Kier molecular flexibility index (Phi) is 18.5. The minimum atomic E-state index is -4.64. The molecule has 31 heavy (non-hydrogen) atoms. The second kappa shape index (κ2) is 19.4. The summed E-state index contributed by atoms with van der Waals surface area (Å²) in [5.41, 5.74) is 0. The lowest BCUT2D eigenvalue weighted by Gasteiger charge is -2.12. The Balaban J connectivity index is 3.55. The summed E-state index contributed by atoms with van der Waals surface area (Å²) in [6.45, 7) is 0.920. The van der Waals surface area contributed by atoms with Gasteiger partial charge in [-0.2, -0.15) is 0 Å². The number of unbranched alkanes of at least 4 members (excludes halogenated alkanes) is 5. The van der Waals surface area contributed by atoms with Crippen molar-refractivity contribution < 1.29 is 43.7 Å². The number of allylic oxidation sites excluding steroid dienone is 4. The molecule has 0 radical (unpaired) electrons. The number of carbonyl (C=O) groups is 1. The highest BCUT2D eigenvalue weighted by atomic mass is 31.2. The highest BCUT2D eigenvalue weighted by Crippen LogP contribution is 2.35. The Bertz CT molecular complexity index is 583. The van der Waals surface area contributed by atoms with Crippen LogP contribution in [0.1, 0.15) is 64.7 Å². The van der Waals surface area contributed by atoms with Gasteiger partial charge < -0.3 is 19.6 Å². The summed E-state index contributed by atoms with van der Waals surface area (Å²) in [5.74, 6) is -0.450. The van der Waals surface area contributed by atoms with E-state index in [4.69, 9.17) is 19.8 Å². The Labute approximate surface area is 184 Å². The van der Waals surface area contributed by atoms with E-state index in [2.05, 4.69) is 21.6 Å². The second-order valence-corrected chi connectivity index (χ2v) is 8.25. The van der Waals surface area contributed by atoms with E-state index < -0.39 is 26.5 Å². The quantitative estimate of drug-likeness (QED) is 0.0556. The van der Waals surface area contributed by atoms with Crippen molar-refractivity contribution in [3.63, 3.8) is 0 Å². The van der Waals surface area contributed by atoms with Gasteiger partial charge in [-0.1, -0.05) is 55.7 Å². The third-order valence-corrected chi connectivity index (χ3v) is 4.63. The molecule has 0 aromatic rings. The summed E-state index contributed by atoms with van der Waals surface area (Å²) in [6, 6.07) is 0. The molecule has 0 fully saturated rings. The molecule has 4 N–H and O–H groups in total. The summed E-state index contributed by atoms with van der Waals surface area (Å²) in [5, 5.41) is 18.1. The lowest BCUT2D eigenvalue weighted by molar-refractivity contribution is -0.264. The van der Waals surface area contributed by atoms with Gasteiger partial charge in [-0.25, -0.2) is 9.45 Å². The summed E-state index contributed by atoms with van der Waals surface area (Å²) >= 11 is 0. The molecular formula is C21H37O9P. The van der Waals surface area contributed by atoms with Gasteiger partial charge in [0.25, 0.3) is 0 Å². The molecule has 10 heteroatoms. The summed E-state index contributed by atoms with van der Waals surface area (Å²) in [4.78, 5) is 32.9. The Morgan fingerprint density at radius 2 is 1.68 bits per heavy atom. The highest BCUT2D eigenvalue weighted by Gasteiger charge is 2.17. The number of esters is 1. The molecular weight excluding hydrogens is 427 g/mol. The Morgan fingerprint density at radius 3 is 2.35 bits per heavy atom. The van der Waals surface area contributed by atoms with Crippen molar-refractivity contribution in [1.82, 2.24) is 0 Å². The average Bonchev–Trinajstić information content (AvgIpc) is 2.72. The van der Waals surface area contributed by atoms with Crippen molar-refractivity contribution in [2.75, 3.05) is 13.2 Å². The van der Waals surface area contributed by atoms with Crippen molar-refractivity contribution in [2.45, 2.75) is 76.9 Å². The minimum Gasteiger partial charge on any atom is -0.463 e. The first kappa shape index (κ1) is 29.7. The van der Waals surface area contributed by atoms with E-state index in [0.29, 0.717) is 12.8 Å². The zero-order valence-corrected chi connectivity index (χ0v) is 19.1. The molecule has 0 saturated heterocycles. The number of aliphatic hydroxyl groups is 1. The number of hydrogen-bond donors (Lipinski definition) is 4. The van der Waals surface area contributed by atoms with Crippen molar-refractivity contribution in [1.29, 1.82) is 0 Å². The largest absolute Gasteiger partial charge is 0.469 e. The molecule has 0 aliphatic heterocycles. The predicted molar refractivity (Wildman–Crippen MR) is 117 cm³/mol. The Morgan fingerprint density at radius 1 is 1.00 bits per heavy atom. The molecule has 0 saturated carbocycles. The van der Waals surface area contributed by atoms with E-state index in [0.717, 1.165) is 38.5 Å². The number of phosphoric ester groups is 1. The van der Waals surface area contributed by atoms with Crippen LogP contribution in [0.3, 0.4) is 0 Å². The third kappa shape index (κ3) is 21.7. The van der Waals surface area contributed by atoms with E-state index >= 15 is 0 Å². The number of rotatable bonds is 19. The van der Waals surface area contributed by atoms with Crippen LogP contribution in [-0.2, 0) is 23.5 Å². The fraction of sp³-hybridized carbons (Fsp3) is 0.667. The Hall–Kier alpha value is -1.32. The van der Waals surface area contributed by atoms with Crippen LogP contribution in [-0.4, -0.2) is 51.5 Å². The normalized spacial score (nSPS) is 14.6.